The van der Waals surface area contributed by atoms with Crippen LogP contribution in [0.2, 0.25) is 5.02 Å². The van der Waals surface area contributed by atoms with E-state index in [1.807, 2.05) is 0 Å². The molecule has 0 aliphatic rings. The van der Waals surface area contributed by atoms with Crippen LogP contribution >= 0.6 is 11.6 Å². The number of anilines is 1. The summed E-state index contributed by atoms with van der Waals surface area (Å²) >= 11 is 5.72. The summed E-state index contributed by atoms with van der Waals surface area (Å²) in [6.07, 6.45) is -4.68. The average molecular weight is 327 g/mol. The van der Waals surface area contributed by atoms with Crippen molar-refractivity contribution in [3.63, 3.8) is 0 Å². The maximum atomic E-state index is 13.9. The molecule has 0 saturated heterocycles. The van der Waals surface area contributed by atoms with E-state index >= 15 is 0 Å². The van der Waals surface area contributed by atoms with E-state index in [9.17, 15) is 17.6 Å². The fourth-order valence-corrected chi connectivity index (χ4v) is 1.95. The highest BCUT2D eigenvalue weighted by atomic mass is 35.5. The van der Waals surface area contributed by atoms with Crippen LogP contribution in [0, 0.1) is 17.1 Å². The molecule has 0 aliphatic heterocycles. The van der Waals surface area contributed by atoms with E-state index in [1.54, 1.807) is 13.8 Å². The smallest absolute Gasteiger partial charge is 0.416 e. The largest absolute Gasteiger partial charge is 0.483 e. The normalized spacial score (nSPS) is 13.2. The molecule has 3 nitrogen and oxygen atoms in total. The molecule has 21 heavy (non-hydrogen) atoms. The molecule has 0 heterocycles. The molecule has 0 spiro atoms. The molecule has 1 aromatic rings. The van der Waals surface area contributed by atoms with Gasteiger partial charge in [0.1, 0.15) is 11.9 Å². The lowest BCUT2D eigenvalue weighted by atomic mass is 10.0. The van der Waals surface area contributed by atoms with Gasteiger partial charge < -0.3 is 10.1 Å². The molecule has 0 fully saturated rings. The summed E-state index contributed by atoms with van der Waals surface area (Å²) in [4.78, 5) is 0. The van der Waals surface area contributed by atoms with Gasteiger partial charge in [-0.15, -0.1) is 0 Å². The molecule has 1 atom stereocenters. The Labute approximate surface area is 124 Å². The van der Waals surface area contributed by atoms with E-state index in [4.69, 9.17) is 21.7 Å². The van der Waals surface area contributed by atoms with E-state index in [2.05, 4.69) is 5.32 Å². The lowest BCUT2D eigenvalue weighted by molar-refractivity contribution is -0.137. The first-order valence-electron chi connectivity index (χ1n) is 6.03. The highest BCUT2D eigenvalue weighted by molar-refractivity contribution is 6.33. The Morgan fingerprint density at radius 1 is 1.33 bits per heavy atom. The Balaban J connectivity index is 3.17. The Kier molecular flexibility index (Phi) is 5.44. The Hall–Kier alpha value is -1.50. The third-order valence-corrected chi connectivity index (χ3v) is 3.14. The topological polar surface area (TPSA) is 45.1 Å². The summed E-state index contributed by atoms with van der Waals surface area (Å²) in [6, 6.07) is 0.293. The molecule has 1 rings (SSSR count). The monoisotopic (exact) mass is 326 g/mol. The van der Waals surface area contributed by atoms with Crippen molar-refractivity contribution in [2.75, 3.05) is 12.4 Å². The van der Waals surface area contributed by atoms with Crippen molar-refractivity contribution in [1.29, 1.82) is 5.41 Å². The van der Waals surface area contributed by atoms with Gasteiger partial charge in [0.15, 0.2) is 0 Å². The van der Waals surface area contributed by atoms with Crippen LogP contribution in [-0.2, 0) is 10.9 Å². The number of rotatable bonds is 4. The van der Waals surface area contributed by atoms with Crippen molar-refractivity contribution < 1.29 is 22.3 Å². The molecule has 1 aromatic carbocycles. The van der Waals surface area contributed by atoms with Gasteiger partial charge in [0.2, 0.25) is 5.90 Å². The standard InChI is InChI=1S/C13H15ClF4N2O/c1-6(2)10(12(19)21-3)20-11-8(14)4-7(5-9(11)15)13(16,17)18/h4-6,10,19-20H,1-3H3. The zero-order valence-corrected chi connectivity index (χ0v) is 12.4. The first kappa shape index (κ1) is 17.6. The fraction of sp³-hybridized carbons (Fsp3) is 0.462. The third-order valence-electron chi connectivity index (χ3n) is 2.84. The number of ether oxygens (including phenoxy) is 1. The lowest BCUT2D eigenvalue weighted by Crippen LogP contribution is -2.35. The van der Waals surface area contributed by atoms with Crippen LogP contribution in [0.5, 0.6) is 0 Å². The first-order chi connectivity index (χ1) is 9.57. The van der Waals surface area contributed by atoms with Crippen LogP contribution in [-0.4, -0.2) is 19.0 Å². The maximum Gasteiger partial charge on any atom is 0.416 e. The Morgan fingerprint density at radius 3 is 2.29 bits per heavy atom. The fourth-order valence-electron chi connectivity index (χ4n) is 1.69. The molecule has 8 heteroatoms. The van der Waals surface area contributed by atoms with Crippen LogP contribution in [0.15, 0.2) is 12.1 Å². The predicted molar refractivity (Wildman–Crippen MR) is 73.4 cm³/mol. The summed E-state index contributed by atoms with van der Waals surface area (Å²) in [5.41, 5.74) is -1.45. The van der Waals surface area contributed by atoms with Crippen molar-refractivity contribution >= 4 is 23.2 Å². The van der Waals surface area contributed by atoms with Gasteiger partial charge in [-0.05, 0) is 18.1 Å². The van der Waals surface area contributed by atoms with Crippen molar-refractivity contribution in [2.45, 2.75) is 26.1 Å². The van der Waals surface area contributed by atoms with E-state index in [-0.39, 0.29) is 17.5 Å². The van der Waals surface area contributed by atoms with Crippen LogP contribution in [0.1, 0.15) is 19.4 Å². The summed E-state index contributed by atoms with van der Waals surface area (Å²) in [5.74, 6) is -1.46. The maximum absolute atomic E-state index is 13.9. The summed E-state index contributed by atoms with van der Waals surface area (Å²) in [6.45, 7) is 3.50. The first-order valence-corrected chi connectivity index (χ1v) is 6.41. The second-order valence-corrected chi connectivity index (χ2v) is 5.15. The van der Waals surface area contributed by atoms with Gasteiger partial charge in [0.25, 0.3) is 0 Å². The number of hydrogen-bond acceptors (Lipinski definition) is 3. The molecule has 1 unspecified atom stereocenters. The highest BCUT2D eigenvalue weighted by Crippen LogP contribution is 2.36. The van der Waals surface area contributed by atoms with Crippen LogP contribution in [0.4, 0.5) is 23.2 Å². The van der Waals surface area contributed by atoms with Gasteiger partial charge in [0, 0.05) is 0 Å². The summed E-state index contributed by atoms with van der Waals surface area (Å²) in [7, 11) is 1.28. The minimum absolute atomic E-state index is 0.157. The molecule has 0 bridgehead atoms. The quantitative estimate of drug-likeness (QED) is 0.484. The molecule has 0 aromatic heterocycles. The predicted octanol–water partition coefficient (Wildman–Crippen LogP) is 4.56. The Morgan fingerprint density at radius 2 is 1.90 bits per heavy atom. The second-order valence-electron chi connectivity index (χ2n) is 4.75. The van der Waals surface area contributed by atoms with Crippen LogP contribution in [0.25, 0.3) is 0 Å². The lowest BCUT2D eigenvalue weighted by Gasteiger charge is -2.24. The zero-order valence-electron chi connectivity index (χ0n) is 11.6. The van der Waals surface area contributed by atoms with Crippen molar-refractivity contribution in [3.8, 4) is 0 Å². The molecule has 0 amide bonds. The number of alkyl halides is 3. The molecule has 0 aliphatic carbocycles. The van der Waals surface area contributed by atoms with Gasteiger partial charge in [0.05, 0.1) is 23.4 Å². The molecular weight excluding hydrogens is 312 g/mol. The van der Waals surface area contributed by atoms with Crippen molar-refractivity contribution in [2.24, 2.45) is 5.92 Å². The Bertz CT molecular complexity index is 508. The SMILES string of the molecule is COC(=N)C(Nc1c(F)cc(C(F)(F)F)cc1Cl)C(C)C. The summed E-state index contributed by atoms with van der Waals surface area (Å²) < 4.78 is 56.3. The highest BCUT2D eigenvalue weighted by Gasteiger charge is 2.33. The van der Waals surface area contributed by atoms with Crippen LogP contribution < -0.4 is 5.32 Å². The third kappa shape index (κ3) is 4.23. The van der Waals surface area contributed by atoms with Crippen LogP contribution in [0.3, 0.4) is 0 Å². The van der Waals surface area contributed by atoms with Gasteiger partial charge in [-0.1, -0.05) is 25.4 Å². The average Bonchev–Trinajstić information content (AvgIpc) is 2.35. The number of methoxy groups -OCH3 is 1. The molecular formula is C13H15ClF4N2O. The molecule has 118 valence electrons. The zero-order chi connectivity index (χ0) is 16.4. The molecule has 2 N–H and O–H groups in total. The van der Waals surface area contributed by atoms with Crippen molar-refractivity contribution in [3.05, 3.63) is 28.5 Å². The van der Waals surface area contributed by atoms with E-state index in [1.165, 1.54) is 7.11 Å². The van der Waals surface area contributed by atoms with E-state index < -0.39 is 28.6 Å². The van der Waals surface area contributed by atoms with Crippen molar-refractivity contribution in [1.82, 2.24) is 0 Å². The minimum Gasteiger partial charge on any atom is -0.483 e. The van der Waals surface area contributed by atoms with Gasteiger partial charge >= 0.3 is 6.18 Å². The number of benzene rings is 1. The minimum atomic E-state index is -4.68. The molecule has 0 radical (unpaired) electrons. The summed E-state index contributed by atoms with van der Waals surface area (Å²) in [5, 5.41) is 9.84. The van der Waals surface area contributed by atoms with Gasteiger partial charge in [-0.25, -0.2) is 4.39 Å². The van der Waals surface area contributed by atoms with Gasteiger partial charge in [-0.2, -0.15) is 13.2 Å². The number of halogens is 5. The van der Waals surface area contributed by atoms with E-state index in [0.29, 0.717) is 12.1 Å². The number of nitrogens with one attached hydrogen (secondary N) is 2. The second kappa shape index (κ2) is 6.51. The number of hydrogen-bond donors (Lipinski definition) is 2. The molecule has 0 saturated carbocycles. The van der Waals surface area contributed by atoms with Gasteiger partial charge in [-0.3, -0.25) is 5.41 Å². The van der Waals surface area contributed by atoms with E-state index in [0.717, 1.165) is 0 Å².